The number of rotatable bonds is 6. The van der Waals surface area contributed by atoms with Gasteiger partial charge in [-0.05, 0) is 39.8 Å². The zero-order valence-electron chi connectivity index (χ0n) is 9.75. The maximum Gasteiger partial charge on any atom is 0.310 e. The van der Waals surface area contributed by atoms with Gasteiger partial charge in [0.05, 0.1) is 5.41 Å². The molecule has 15 heavy (non-hydrogen) atoms. The molecule has 4 nitrogen and oxygen atoms in total. The van der Waals surface area contributed by atoms with Crippen LogP contribution < -0.4 is 5.32 Å². The predicted molar refractivity (Wildman–Crippen MR) is 60.0 cm³/mol. The highest BCUT2D eigenvalue weighted by Gasteiger charge is 2.26. The van der Waals surface area contributed by atoms with E-state index in [0.717, 1.165) is 13.1 Å². The number of hydrogen-bond donors (Lipinski definition) is 2. The van der Waals surface area contributed by atoms with Crippen molar-refractivity contribution in [2.24, 2.45) is 5.41 Å². The van der Waals surface area contributed by atoms with Crippen molar-refractivity contribution in [2.75, 3.05) is 32.7 Å². The Bertz CT molecular complexity index is 211. The van der Waals surface area contributed by atoms with E-state index in [0.29, 0.717) is 6.54 Å². The Labute approximate surface area is 91.6 Å². The zero-order valence-corrected chi connectivity index (χ0v) is 9.75. The summed E-state index contributed by atoms with van der Waals surface area (Å²) in [7, 11) is 0. The summed E-state index contributed by atoms with van der Waals surface area (Å²) in [5, 5.41) is 12.1. The molecule has 0 atom stereocenters. The molecule has 0 radical (unpaired) electrons. The maximum absolute atomic E-state index is 10.8. The van der Waals surface area contributed by atoms with Crippen LogP contribution in [-0.4, -0.2) is 48.7 Å². The van der Waals surface area contributed by atoms with E-state index in [9.17, 15) is 4.79 Å². The molecule has 2 N–H and O–H groups in total. The van der Waals surface area contributed by atoms with E-state index < -0.39 is 11.4 Å². The molecule has 1 rings (SSSR count). The van der Waals surface area contributed by atoms with Crippen LogP contribution in [0.25, 0.3) is 0 Å². The Morgan fingerprint density at radius 1 is 1.40 bits per heavy atom. The molecule has 0 aromatic carbocycles. The second-order valence-corrected chi connectivity index (χ2v) is 4.91. The standard InChI is InChI=1S/C11H22N2O2/c1-11(2,10(14)15)9-12-5-8-13-6-3-4-7-13/h12H,3-9H2,1-2H3,(H,14,15). The molecular formula is C11H22N2O2. The lowest BCUT2D eigenvalue weighted by Crippen LogP contribution is -2.39. The average Bonchev–Trinajstić information content (AvgIpc) is 2.64. The summed E-state index contributed by atoms with van der Waals surface area (Å²) < 4.78 is 0. The quantitative estimate of drug-likeness (QED) is 0.642. The van der Waals surface area contributed by atoms with Crippen molar-refractivity contribution < 1.29 is 9.90 Å². The molecule has 1 aliphatic heterocycles. The lowest BCUT2D eigenvalue weighted by Gasteiger charge is -2.21. The average molecular weight is 214 g/mol. The van der Waals surface area contributed by atoms with Crippen molar-refractivity contribution in [3.8, 4) is 0 Å². The molecule has 4 heteroatoms. The first-order valence-electron chi connectivity index (χ1n) is 5.69. The van der Waals surface area contributed by atoms with Gasteiger partial charge in [0.25, 0.3) is 0 Å². The Morgan fingerprint density at radius 3 is 2.53 bits per heavy atom. The first-order valence-corrected chi connectivity index (χ1v) is 5.69. The fraction of sp³-hybridized carbons (Fsp3) is 0.909. The third kappa shape index (κ3) is 4.18. The number of carboxylic acids is 1. The molecule has 0 aromatic heterocycles. The van der Waals surface area contributed by atoms with Crippen LogP contribution in [0, 0.1) is 5.41 Å². The smallest absolute Gasteiger partial charge is 0.310 e. The van der Waals surface area contributed by atoms with Crippen molar-refractivity contribution in [2.45, 2.75) is 26.7 Å². The van der Waals surface area contributed by atoms with Crippen LogP contribution in [0.4, 0.5) is 0 Å². The Hall–Kier alpha value is -0.610. The normalized spacial score (nSPS) is 18.3. The number of aliphatic carboxylic acids is 1. The van der Waals surface area contributed by atoms with Gasteiger partial charge in [-0.3, -0.25) is 4.79 Å². The van der Waals surface area contributed by atoms with Crippen molar-refractivity contribution in [3.05, 3.63) is 0 Å². The second kappa shape index (κ2) is 5.47. The predicted octanol–water partition coefficient (Wildman–Crippen LogP) is 0.783. The molecule has 1 fully saturated rings. The number of hydrogen-bond acceptors (Lipinski definition) is 3. The van der Waals surface area contributed by atoms with Crippen LogP contribution in [0.1, 0.15) is 26.7 Å². The molecule has 0 aliphatic carbocycles. The third-order valence-corrected chi connectivity index (χ3v) is 2.95. The van der Waals surface area contributed by atoms with E-state index in [1.807, 2.05) is 0 Å². The lowest BCUT2D eigenvalue weighted by atomic mass is 9.94. The van der Waals surface area contributed by atoms with Gasteiger partial charge in [-0.1, -0.05) is 0 Å². The number of carbonyl (C=O) groups is 1. The zero-order chi connectivity index (χ0) is 11.3. The molecule has 0 spiro atoms. The van der Waals surface area contributed by atoms with Crippen molar-refractivity contribution in [1.29, 1.82) is 0 Å². The molecule has 1 saturated heterocycles. The van der Waals surface area contributed by atoms with Gasteiger partial charge in [-0.2, -0.15) is 0 Å². The molecule has 1 aliphatic rings. The van der Waals surface area contributed by atoms with Crippen molar-refractivity contribution in [1.82, 2.24) is 10.2 Å². The summed E-state index contributed by atoms with van der Waals surface area (Å²) in [5.74, 6) is -0.740. The lowest BCUT2D eigenvalue weighted by molar-refractivity contribution is -0.146. The summed E-state index contributed by atoms with van der Waals surface area (Å²) in [5.41, 5.74) is -0.662. The largest absolute Gasteiger partial charge is 0.481 e. The molecule has 1 heterocycles. The number of likely N-dealkylation sites (tertiary alicyclic amines) is 1. The Morgan fingerprint density at radius 2 is 2.00 bits per heavy atom. The van der Waals surface area contributed by atoms with Crippen molar-refractivity contribution in [3.63, 3.8) is 0 Å². The van der Waals surface area contributed by atoms with Crippen molar-refractivity contribution >= 4 is 5.97 Å². The summed E-state index contributed by atoms with van der Waals surface area (Å²) in [6.45, 7) is 8.35. The summed E-state index contributed by atoms with van der Waals surface area (Å²) in [4.78, 5) is 13.2. The summed E-state index contributed by atoms with van der Waals surface area (Å²) in [6.07, 6.45) is 2.61. The molecular weight excluding hydrogens is 192 g/mol. The minimum Gasteiger partial charge on any atom is -0.481 e. The van der Waals surface area contributed by atoms with E-state index in [1.165, 1.54) is 25.9 Å². The van der Waals surface area contributed by atoms with Gasteiger partial charge >= 0.3 is 5.97 Å². The van der Waals surface area contributed by atoms with Gasteiger partial charge in [-0.15, -0.1) is 0 Å². The van der Waals surface area contributed by atoms with E-state index in [2.05, 4.69) is 10.2 Å². The van der Waals surface area contributed by atoms with Gasteiger partial charge in [0.15, 0.2) is 0 Å². The van der Waals surface area contributed by atoms with Gasteiger partial charge in [0.2, 0.25) is 0 Å². The molecule has 0 amide bonds. The van der Waals surface area contributed by atoms with Crippen LogP contribution in [0.15, 0.2) is 0 Å². The van der Waals surface area contributed by atoms with E-state index in [-0.39, 0.29) is 0 Å². The van der Waals surface area contributed by atoms with Gasteiger partial charge in [0, 0.05) is 19.6 Å². The highest BCUT2D eigenvalue weighted by Crippen LogP contribution is 2.13. The molecule has 88 valence electrons. The van der Waals surface area contributed by atoms with Gasteiger partial charge < -0.3 is 15.3 Å². The van der Waals surface area contributed by atoms with Crippen LogP contribution in [0.2, 0.25) is 0 Å². The number of nitrogens with zero attached hydrogens (tertiary/aromatic N) is 1. The maximum atomic E-state index is 10.8. The van der Waals surface area contributed by atoms with Crippen LogP contribution >= 0.6 is 0 Å². The van der Waals surface area contributed by atoms with E-state index >= 15 is 0 Å². The van der Waals surface area contributed by atoms with E-state index in [4.69, 9.17) is 5.11 Å². The minimum absolute atomic E-state index is 0.538. The highest BCUT2D eigenvalue weighted by atomic mass is 16.4. The summed E-state index contributed by atoms with van der Waals surface area (Å²) in [6, 6.07) is 0. The summed E-state index contributed by atoms with van der Waals surface area (Å²) >= 11 is 0. The topological polar surface area (TPSA) is 52.6 Å². The van der Waals surface area contributed by atoms with Gasteiger partial charge in [-0.25, -0.2) is 0 Å². The van der Waals surface area contributed by atoms with Crippen LogP contribution in [0.5, 0.6) is 0 Å². The second-order valence-electron chi connectivity index (χ2n) is 4.91. The minimum atomic E-state index is -0.740. The first kappa shape index (κ1) is 12.5. The first-order chi connectivity index (χ1) is 7.02. The van der Waals surface area contributed by atoms with Crippen LogP contribution in [-0.2, 0) is 4.79 Å². The fourth-order valence-electron chi connectivity index (χ4n) is 1.72. The van der Waals surface area contributed by atoms with Crippen LogP contribution in [0.3, 0.4) is 0 Å². The molecule has 0 bridgehead atoms. The highest BCUT2D eigenvalue weighted by molar-refractivity contribution is 5.73. The van der Waals surface area contributed by atoms with E-state index in [1.54, 1.807) is 13.8 Å². The monoisotopic (exact) mass is 214 g/mol. The fourth-order valence-corrected chi connectivity index (χ4v) is 1.72. The number of carboxylic acid groups (broad SMARTS) is 1. The number of nitrogens with one attached hydrogen (secondary N) is 1. The molecule has 0 saturated carbocycles. The third-order valence-electron chi connectivity index (χ3n) is 2.95. The van der Waals surface area contributed by atoms with Gasteiger partial charge in [0.1, 0.15) is 0 Å². The SMILES string of the molecule is CC(C)(CNCCN1CCCC1)C(=O)O. The molecule has 0 aromatic rings. The Kier molecular flexibility index (Phi) is 4.54. The Balaban J connectivity index is 2.08. The molecule has 0 unspecified atom stereocenters.